The molecule has 0 aliphatic heterocycles. The van der Waals surface area contributed by atoms with Crippen molar-refractivity contribution in [2.75, 3.05) is 6.54 Å². The Labute approximate surface area is 144 Å². The minimum Gasteiger partial charge on any atom is -0.387 e. The lowest BCUT2D eigenvalue weighted by atomic mass is 10.1. The Morgan fingerprint density at radius 1 is 1.25 bits per heavy atom. The van der Waals surface area contributed by atoms with E-state index in [1.807, 2.05) is 13.0 Å². The molecule has 1 aromatic carbocycles. The zero-order valence-corrected chi connectivity index (χ0v) is 14.3. The van der Waals surface area contributed by atoms with Crippen LogP contribution in [0.5, 0.6) is 0 Å². The minimum absolute atomic E-state index is 0.0523. The molecule has 0 saturated heterocycles. The van der Waals surface area contributed by atoms with E-state index in [1.54, 1.807) is 31.2 Å². The summed E-state index contributed by atoms with van der Waals surface area (Å²) in [7, 11) is 0. The number of aliphatic hydroxyl groups is 1. The van der Waals surface area contributed by atoms with Gasteiger partial charge in [0.15, 0.2) is 0 Å². The van der Waals surface area contributed by atoms with Gasteiger partial charge in [0.05, 0.1) is 12.6 Å². The molecule has 0 aliphatic carbocycles. The molecule has 1 heterocycles. The van der Waals surface area contributed by atoms with E-state index in [0.717, 1.165) is 11.3 Å². The molecule has 2 amide bonds. The van der Waals surface area contributed by atoms with Crippen LogP contribution in [0.1, 0.15) is 28.5 Å². The van der Waals surface area contributed by atoms with E-state index in [4.69, 9.17) is 11.6 Å². The Morgan fingerprint density at radius 3 is 2.54 bits per heavy atom. The molecule has 1 aromatic heterocycles. The van der Waals surface area contributed by atoms with Crippen LogP contribution < -0.4 is 16.2 Å². The van der Waals surface area contributed by atoms with Gasteiger partial charge in [0.25, 0.3) is 5.56 Å². The van der Waals surface area contributed by atoms with Crippen molar-refractivity contribution in [1.29, 1.82) is 0 Å². The van der Waals surface area contributed by atoms with Gasteiger partial charge < -0.3 is 20.7 Å². The Bertz CT molecular complexity index is 772. The number of pyridine rings is 1. The van der Waals surface area contributed by atoms with Crippen LogP contribution in [0, 0.1) is 13.8 Å². The molecular weight excluding hydrogens is 330 g/mol. The molecule has 0 aliphatic rings. The van der Waals surface area contributed by atoms with Crippen molar-refractivity contribution in [3.05, 3.63) is 68.1 Å². The van der Waals surface area contributed by atoms with Gasteiger partial charge in [0.2, 0.25) is 0 Å². The smallest absolute Gasteiger partial charge is 0.315 e. The molecule has 2 aromatic rings. The fraction of sp³-hybridized carbons (Fsp3) is 0.294. The molecule has 0 bridgehead atoms. The Hall–Kier alpha value is -2.31. The molecular formula is C17H20ClN3O3. The quantitative estimate of drug-likeness (QED) is 0.666. The van der Waals surface area contributed by atoms with Crippen molar-refractivity contribution >= 4 is 17.6 Å². The molecule has 2 rings (SSSR count). The van der Waals surface area contributed by atoms with Crippen molar-refractivity contribution in [3.8, 4) is 0 Å². The van der Waals surface area contributed by atoms with Crippen LogP contribution in [-0.4, -0.2) is 22.7 Å². The van der Waals surface area contributed by atoms with Gasteiger partial charge in [-0.2, -0.15) is 0 Å². The van der Waals surface area contributed by atoms with E-state index in [2.05, 4.69) is 15.6 Å². The lowest BCUT2D eigenvalue weighted by molar-refractivity contribution is 0.173. The first-order valence-corrected chi connectivity index (χ1v) is 7.89. The molecule has 0 fully saturated rings. The maximum absolute atomic E-state index is 11.9. The molecule has 1 unspecified atom stereocenters. The molecule has 0 radical (unpaired) electrons. The van der Waals surface area contributed by atoms with Crippen LogP contribution in [0.15, 0.2) is 35.1 Å². The van der Waals surface area contributed by atoms with Crippen molar-refractivity contribution in [1.82, 2.24) is 15.6 Å². The second-order valence-electron chi connectivity index (χ2n) is 5.57. The number of nitrogens with one attached hydrogen (secondary N) is 3. The van der Waals surface area contributed by atoms with Crippen LogP contribution >= 0.6 is 11.6 Å². The fourth-order valence-corrected chi connectivity index (χ4v) is 2.45. The maximum Gasteiger partial charge on any atom is 0.315 e. The number of hydrogen-bond donors (Lipinski definition) is 4. The Balaban J connectivity index is 1.86. The van der Waals surface area contributed by atoms with Crippen molar-refractivity contribution < 1.29 is 9.90 Å². The predicted octanol–water partition coefficient (Wildman–Crippen LogP) is 2.18. The Morgan fingerprint density at radius 2 is 1.92 bits per heavy atom. The minimum atomic E-state index is -0.836. The number of rotatable bonds is 5. The second kappa shape index (κ2) is 7.99. The van der Waals surface area contributed by atoms with Gasteiger partial charge in [-0.25, -0.2) is 4.79 Å². The van der Waals surface area contributed by atoms with Gasteiger partial charge >= 0.3 is 6.03 Å². The highest BCUT2D eigenvalue weighted by molar-refractivity contribution is 6.30. The normalized spacial score (nSPS) is 11.8. The summed E-state index contributed by atoms with van der Waals surface area (Å²) in [5.74, 6) is 0. The summed E-state index contributed by atoms with van der Waals surface area (Å²) in [4.78, 5) is 26.4. The molecule has 7 heteroatoms. The van der Waals surface area contributed by atoms with Crippen molar-refractivity contribution in [2.45, 2.75) is 26.5 Å². The van der Waals surface area contributed by atoms with E-state index < -0.39 is 12.1 Å². The average Bonchev–Trinajstić information content (AvgIpc) is 2.52. The topological polar surface area (TPSA) is 94.2 Å². The van der Waals surface area contributed by atoms with Gasteiger partial charge in [-0.3, -0.25) is 4.79 Å². The third-order valence-corrected chi connectivity index (χ3v) is 3.88. The number of amides is 2. The summed E-state index contributed by atoms with van der Waals surface area (Å²) >= 11 is 5.79. The number of carbonyl (C=O) groups excluding carboxylic acids is 1. The number of carbonyl (C=O) groups is 1. The summed E-state index contributed by atoms with van der Waals surface area (Å²) < 4.78 is 0. The molecule has 24 heavy (non-hydrogen) atoms. The number of aliphatic hydroxyl groups excluding tert-OH is 1. The van der Waals surface area contributed by atoms with Gasteiger partial charge in [-0.1, -0.05) is 23.7 Å². The number of aromatic amines is 1. The van der Waals surface area contributed by atoms with Crippen molar-refractivity contribution in [2.24, 2.45) is 0 Å². The summed E-state index contributed by atoms with van der Waals surface area (Å²) in [6.07, 6.45) is -0.836. The van der Waals surface area contributed by atoms with E-state index in [1.165, 1.54) is 0 Å². The zero-order valence-electron chi connectivity index (χ0n) is 13.5. The zero-order chi connectivity index (χ0) is 17.7. The molecule has 0 spiro atoms. The highest BCUT2D eigenvalue weighted by Gasteiger charge is 2.11. The number of aryl methyl sites for hydroxylation is 2. The van der Waals surface area contributed by atoms with Crippen LogP contribution in [0.2, 0.25) is 5.02 Å². The lowest BCUT2D eigenvalue weighted by Crippen LogP contribution is -2.38. The van der Waals surface area contributed by atoms with E-state index in [9.17, 15) is 14.7 Å². The van der Waals surface area contributed by atoms with Crippen molar-refractivity contribution in [3.63, 3.8) is 0 Å². The SMILES string of the molecule is Cc1cc(C)c(CNC(=O)NCC(O)c2ccc(Cl)cc2)c(=O)[nH]1. The molecule has 4 N–H and O–H groups in total. The standard InChI is InChI=1S/C17H20ClN3O3/c1-10-7-11(2)21-16(23)14(10)8-19-17(24)20-9-15(22)12-3-5-13(18)6-4-12/h3-7,15,22H,8-9H2,1-2H3,(H,21,23)(H2,19,20,24). The van der Waals surface area contributed by atoms with Gasteiger partial charge in [-0.05, 0) is 43.2 Å². The molecule has 1 atom stereocenters. The monoisotopic (exact) mass is 349 g/mol. The number of H-pyrrole nitrogens is 1. The summed E-state index contributed by atoms with van der Waals surface area (Å²) in [5, 5.41) is 15.8. The van der Waals surface area contributed by atoms with Gasteiger partial charge in [-0.15, -0.1) is 0 Å². The maximum atomic E-state index is 11.9. The second-order valence-corrected chi connectivity index (χ2v) is 6.01. The lowest BCUT2D eigenvalue weighted by Gasteiger charge is -2.13. The first-order chi connectivity index (χ1) is 11.4. The number of aromatic nitrogens is 1. The van der Waals surface area contributed by atoms with E-state index >= 15 is 0 Å². The number of urea groups is 1. The van der Waals surface area contributed by atoms with Gasteiger partial charge in [0.1, 0.15) is 0 Å². The molecule has 6 nitrogen and oxygen atoms in total. The Kier molecular flexibility index (Phi) is 6.00. The first kappa shape index (κ1) is 18.0. The summed E-state index contributed by atoms with van der Waals surface area (Å²) in [5.41, 5.74) is 2.54. The van der Waals surface area contributed by atoms with E-state index in [-0.39, 0.29) is 18.6 Å². The first-order valence-electron chi connectivity index (χ1n) is 7.51. The van der Waals surface area contributed by atoms with Crippen LogP contribution in [0.25, 0.3) is 0 Å². The third-order valence-electron chi connectivity index (χ3n) is 3.63. The molecule has 0 saturated carbocycles. The van der Waals surface area contributed by atoms with Crippen LogP contribution in [0.3, 0.4) is 0 Å². The van der Waals surface area contributed by atoms with Crippen LogP contribution in [-0.2, 0) is 6.54 Å². The summed E-state index contributed by atoms with van der Waals surface area (Å²) in [6.45, 7) is 3.79. The third kappa shape index (κ3) is 4.84. The fourth-order valence-electron chi connectivity index (χ4n) is 2.32. The van der Waals surface area contributed by atoms with Crippen LogP contribution in [0.4, 0.5) is 4.79 Å². The highest BCUT2D eigenvalue weighted by atomic mass is 35.5. The van der Waals surface area contributed by atoms with E-state index in [0.29, 0.717) is 16.1 Å². The highest BCUT2D eigenvalue weighted by Crippen LogP contribution is 2.15. The average molecular weight is 350 g/mol. The van der Waals surface area contributed by atoms with Gasteiger partial charge in [0, 0.05) is 22.8 Å². The predicted molar refractivity (Wildman–Crippen MR) is 93.2 cm³/mol. The number of hydrogen-bond acceptors (Lipinski definition) is 3. The molecule has 128 valence electrons. The largest absolute Gasteiger partial charge is 0.387 e. The number of halogens is 1. The number of benzene rings is 1. The summed E-state index contributed by atoms with van der Waals surface area (Å²) in [6, 6.07) is 8.13.